The van der Waals surface area contributed by atoms with Crippen LogP contribution >= 0.6 is 7.82 Å². The van der Waals surface area contributed by atoms with E-state index in [1.165, 1.54) is 0 Å². The summed E-state index contributed by atoms with van der Waals surface area (Å²) in [5.41, 5.74) is 1.62. The van der Waals surface area contributed by atoms with E-state index in [-0.39, 0.29) is 13.2 Å². The van der Waals surface area contributed by atoms with Gasteiger partial charge in [0.25, 0.3) is 0 Å². The van der Waals surface area contributed by atoms with Gasteiger partial charge in [-0.25, -0.2) is 4.57 Å². The van der Waals surface area contributed by atoms with Crippen molar-refractivity contribution in [2.24, 2.45) is 5.16 Å². The summed E-state index contributed by atoms with van der Waals surface area (Å²) in [4.78, 5) is 0. The van der Waals surface area contributed by atoms with Gasteiger partial charge in [0.2, 0.25) is 0 Å². The van der Waals surface area contributed by atoms with E-state index in [2.05, 4.69) is 5.16 Å². The lowest BCUT2D eigenvalue weighted by Gasteiger charge is -2.13. The molecular weight excluding hydrogens is 265 g/mol. The molecule has 19 heavy (non-hydrogen) atoms. The lowest BCUT2D eigenvalue weighted by atomic mass is 10.1. The molecule has 0 saturated carbocycles. The van der Waals surface area contributed by atoms with E-state index in [9.17, 15) is 4.57 Å². The van der Waals surface area contributed by atoms with Crippen LogP contribution in [0.1, 0.15) is 32.8 Å². The number of oxime groups is 1. The molecule has 0 amide bonds. The zero-order valence-corrected chi connectivity index (χ0v) is 12.4. The van der Waals surface area contributed by atoms with Crippen LogP contribution in [0.5, 0.6) is 0 Å². The zero-order chi connectivity index (χ0) is 14.1. The number of nitrogens with zero attached hydrogens (tertiary/aromatic N) is 1. The van der Waals surface area contributed by atoms with Crippen LogP contribution in [-0.2, 0) is 18.2 Å². The standard InChI is InChI=1S/C13H20NO4P/c1-4-13(12-10-8-7-9-11-12)14-18-19(15,16-5-2)17-6-3/h7-11H,4-6H2,1-3H3/b14-13-. The highest BCUT2D eigenvalue weighted by molar-refractivity contribution is 7.48. The van der Waals surface area contributed by atoms with Gasteiger partial charge in [0.15, 0.2) is 0 Å². The minimum absolute atomic E-state index is 0.236. The molecule has 0 fully saturated rings. The van der Waals surface area contributed by atoms with Crippen molar-refractivity contribution in [2.45, 2.75) is 27.2 Å². The molecule has 0 radical (unpaired) electrons. The van der Waals surface area contributed by atoms with E-state index in [0.717, 1.165) is 5.56 Å². The Morgan fingerprint density at radius 1 is 1.11 bits per heavy atom. The van der Waals surface area contributed by atoms with Crippen molar-refractivity contribution < 1.29 is 18.2 Å². The summed E-state index contributed by atoms with van der Waals surface area (Å²) in [7, 11) is -3.59. The smallest absolute Gasteiger partial charge is 0.292 e. The quantitative estimate of drug-likeness (QED) is 0.411. The molecule has 0 spiro atoms. The number of rotatable bonds is 8. The summed E-state index contributed by atoms with van der Waals surface area (Å²) in [6.07, 6.45) is 0.655. The third kappa shape index (κ3) is 5.15. The van der Waals surface area contributed by atoms with Gasteiger partial charge in [0.05, 0.1) is 18.9 Å². The SMILES string of the molecule is CCOP(=O)(OCC)O/N=C(/CC)c1ccccc1. The lowest BCUT2D eigenvalue weighted by molar-refractivity contribution is 0.125. The molecule has 0 aliphatic rings. The summed E-state index contributed by atoms with van der Waals surface area (Å²) in [6.45, 7) is 5.86. The first-order valence-electron chi connectivity index (χ1n) is 6.35. The summed E-state index contributed by atoms with van der Waals surface area (Å²) in [5.74, 6) is 0. The van der Waals surface area contributed by atoms with Crippen molar-refractivity contribution in [1.29, 1.82) is 0 Å². The molecule has 0 aliphatic carbocycles. The van der Waals surface area contributed by atoms with Crippen LogP contribution in [0.25, 0.3) is 0 Å². The minimum atomic E-state index is -3.59. The van der Waals surface area contributed by atoms with E-state index >= 15 is 0 Å². The maximum Gasteiger partial charge on any atom is 0.550 e. The Morgan fingerprint density at radius 2 is 1.68 bits per heavy atom. The molecule has 0 aromatic heterocycles. The number of hydrogen-bond donors (Lipinski definition) is 0. The number of hydrogen-bond acceptors (Lipinski definition) is 5. The second-order valence-electron chi connectivity index (χ2n) is 3.62. The molecule has 0 unspecified atom stereocenters. The van der Waals surface area contributed by atoms with Crippen LogP contribution in [0.2, 0.25) is 0 Å². The largest absolute Gasteiger partial charge is 0.550 e. The molecule has 0 heterocycles. The Labute approximate surface area is 114 Å². The van der Waals surface area contributed by atoms with Crippen LogP contribution in [0.3, 0.4) is 0 Å². The van der Waals surface area contributed by atoms with Crippen molar-refractivity contribution in [3.8, 4) is 0 Å². The van der Waals surface area contributed by atoms with E-state index in [1.54, 1.807) is 13.8 Å². The minimum Gasteiger partial charge on any atom is -0.292 e. The fraction of sp³-hybridized carbons (Fsp3) is 0.462. The van der Waals surface area contributed by atoms with E-state index in [0.29, 0.717) is 12.1 Å². The topological polar surface area (TPSA) is 57.1 Å². The summed E-state index contributed by atoms with van der Waals surface area (Å²) < 4.78 is 27.1. The molecule has 1 aromatic carbocycles. The maximum absolute atomic E-state index is 12.1. The first-order chi connectivity index (χ1) is 9.15. The van der Waals surface area contributed by atoms with E-state index in [4.69, 9.17) is 13.7 Å². The molecule has 0 bridgehead atoms. The summed E-state index contributed by atoms with van der Waals surface area (Å²) in [5, 5.41) is 3.93. The molecule has 6 heteroatoms. The molecule has 0 saturated heterocycles. The van der Waals surface area contributed by atoms with E-state index < -0.39 is 7.82 Å². The highest BCUT2D eigenvalue weighted by Gasteiger charge is 2.27. The van der Waals surface area contributed by atoms with Crippen molar-refractivity contribution in [3.63, 3.8) is 0 Å². The molecule has 0 atom stereocenters. The predicted octanol–water partition coefficient (Wildman–Crippen LogP) is 4.00. The third-order valence-corrected chi connectivity index (χ3v) is 3.70. The number of phosphoric ester groups is 1. The second kappa shape index (κ2) is 8.10. The third-order valence-electron chi connectivity index (χ3n) is 2.27. The Morgan fingerprint density at radius 3 is 2.16 bits per heavy atom. The Kier molecular flexibility index (Phi) is 6.78. The monoisotopic (exact) mass is 285 g/mol. The van der Waals surface area contributed by atoms with Crippen LogP contribution < -0.4 is 0 Å². The molecule has 106 valence electrons. The van der Waals surface area contributed by atoms with Gasteiger partial charge in [-0.3, -0.25) is 13.7 Å². The molecular formula is C13H20NO4P. The number of benzene rings is 1. The zero-order valence-electron chi connectivity index (χ0n) is 11.5. The highest BCUT2D eigenvalue weighted by Crippen LogP contribution is 2.49. The highest BCUT2D eigenvalue weighted by atomic mass is 31.2. The summed E-state index contributed by atoms with van der Waals surface area (Å²) in [6, 6.07) is 9.56. The molecule has 1 rings (SSSR count). The molecule has 0 N–H and O–H groups in total. The van der Waals surface area contributed by atoms with Crippen molar-refractivity contribution >= 4 is 13.5 Å². The van der Waals surface area contributed by atoms with Crippen LogP contribution in [0, 0.1) is 0 Å². The van der Waals surface area contributed by atoms with Gasteiger partial charge >= 0.3 is 7.82 Å². The molecule has 1 aromatic rings. The normalized spacial score (nSPS) is 12.5. The van der Waals surface area contributed by atoms with Gasteiger partial charge in [-0.15, -0.1) is 0 Å². The van der Waals surface area contributed by atoms with Crippen molar-refractivity contribution in [3.05, 3.63) is 35.9 Å². The average molecular weight is 285 g/mol. The molecule has 0 aliphatic heterocycles. The first kappa shape index (κ1) is 15.9. The van der Waals surface area contributed by atoms with Gasteiger partial charge in [-0.2, -0.15) is 0 Å². The van der Waals surface area contributed by atoms with Crippen molar-refractivity contribution in [2.75, 3.05) is 13.2 Å². The average Bonchev–Trinajstić information content (AvgIpc) is 2.41. The van der Waals surface area contributed by atoms with Gasteiger partial charge in [0.1, 0.15) is 0 Å². The van der Waals surface area contributed by atoms with Gasteiger partial charge in [-0.05, 0) is 25.8 Å². The van der Waals surface area contributed by atoms with Gasteiger partial charge < -0.3 is 0 Å². The molecule has 5 nitrogen and oxygen atoms in total. The van der Waals surface area contributed by atoms with E-state index in [1.807, 2.05) is 37.3 Å². The second-order valence-corrected chi connectivity index (χ2v) is 5.20. The number of phosphoric acid groups is 1. The Balaban J connectivity index is 2.84. The Hall–Kier alpha value is -1.16. The van der Waals surface area contributed by atoms with Gasteiger partial charge in [0, 0.05) is 0 Å². The maximum atomic E-state index is 12.1. The lowest BCUT2D eigenvalue weighted by Crippen LogP contribution is -2.02. The fourth-order valence-corrected chi connectivity index (χ4v) is 2.45. The fourth-order valence-electron chi connectivity index (χ4n) is 1.45. The van der Waals surface area contributed by atoms with Crippen LogP contribution in [0.4, 0.5) is 0 Å². The Bertz CT molecular complexity index is 437. The first-order valence-corrected chi connectivity index (χ1v) is 7.81. The van der Waals surface area contributed by atoms with Gasteiger partial charge in [-0.1, -0.05) is 42.4 Å². The van der Waals surface area contributed by atoms with Crippen LogP contribution in [-0.4, -0.2) is 18.9 Å². The predicted molar refractivity (Wildman–Crippen MR) is 75.2 cm³/mol. The van der Waals surface area contributed by atoms with Crippen molar-refractivity contribution in [1.82, 2.24) is 0 Å². The summed E-state index contributed by atoms with van der Waals surface area (Å²) >= 11 is 0. The van der Waals surface area contributed by atoms with Crippen LogP contribution in [0.15, 0.2) is 35.5 Å².